The summed E-state index contributed by atoms with van der Waals surface area (Å²) in [5.41, 5.74) is 17.1. The monoisotopic (exact) mass is 361 g/mol. The molecule has 1 aliphatic heterocycles. The number of hydrogen-bond acceptors (Lipinski definition) is 5. The van der Waals surface area contributed by atoms with Crippen LogP contribution in [0.4, 0.5) is 11.4 Å². The summed E-state index contributed by atoms with van der Waals surface area (Å²) in [6.07, 6.45) is 0. The maximum absolute atomic E-state index is 6.10. The first-order chi connectivity index (χ1) is 9.74. The second kappa shape index (κ2) is 8.60. The molecular formula is C15H21Cl2N3OS. The molecule has 2 heterocycles. The van der Waals surface area contributed by atoms with Crippen LogP contribution in [0.5, 0.6) is 0 Å². The number of nitrogens with zero attached hydrogens (tertiary/aromatic N) is 1. The van der Waals surface area contributed by atoms with Crippen LogP contribution < -0.4 is 11.5 Å². The van der Waals surface area contributed by atoms with Gasteiger partial charge < -0.3 is 16.2 Å². The van der Waals surface area contributed by atoms with Gasteiger partial charge in [0, 0.05) is 36.6 Å². The molecule has 2 aromatic rings. The molecule has 0 aliphatic carbocycles. The molecule has 7 heteroatoms. The summed E-state index contributed by atoms with van der Waals surface area (Å²) in [6.45, 7) is 4.56. The van der Waals surface area contributed by atoms with E-state index in [1.54, 1.807) is 11.3 Å². The van der Waals surface area contributed by atoms with Crippen LogP contribution in [0.1, 0.15) is 5.56 Å². The van der Waals surface area contributed by atoms with Gasteiger partial charge in [0.2, 0.25) is 0 Å². The first kappa shape index (κ1) is 19.1. The Bertz CT molecular complexity index is 600. The summed E-state index contributed by atoms with van der Waals surface area (Å²) in [6, 6.07) is 5.67. The number of nitrogens with two attached hydrogens (primary N) is 2. The number of rotatable bonds is 3. The third kappa shape index (κ3) is 4.27. The van der Waals surface area contributed by atoms with E-state index in [0.29, 0.717) is 0 Å². The van der Waals surface area contributed by atoms with Crippen molar-refractivity contribution in [3.8, 4) is 11.1 Å². The summed E-state index contributed by atoms with van der Waals surface area (Å²) < 4.78 is 5.39. The molecule has 4 nitrogen and oxygen atoms in total. The predicted molar refractivity (Wildman–Crippen MR) is 99.2 cm³/mol. The van der Waals surface area contributed by atoms with Crippen molar-refractivity contribution in [3.63, 3.8) is 0 Å². The zero-order chi connectivity index (χ0) is 13.9. The topological polar surface area (TPSA) is 64.5 Å². The van der Waals surface area contributed by atoms with Crippen LogP contribution in [-0.4, -0.2) is 31.2 Å². The lowest BCUT2D eigenvalue weighted by molar-refractivity contribution is 0.0343. The van der Waals surface area contributed by atoms with E-state index in [2.05, 4.69) is 15.7 Å². The molecule has 1 fully saturated rings. The second-order valence-electron chi connectivity index (χ2n) is 5.05. The molecule has 1 aromatic heterocycles. The lowest BCUT2D eigenvalue weighted by atomic mass is 10.0. The Labute approximate surface area is 147 Å². The molecule has 122 valence electrons. The van der Waals surface area contributed by atoms with Gasteiger partial charge in [-0.2, -0.15) is 11.3 Å². The van der Waals surface area contributed by atoms with Gasteiger partial charge in [0.15, 0.2) is 0 Å². The Balaban J connectivity index is 0.00000121. The van der Waals surface area contributed by atoms with E-state index in [4.69, 9.17) is 16.2 Å². The fourth-order valence-corrected chi connectivity index (χ4v) is 3.34. The third-order valence-corrected chi connectivity index (χ3v) is 4.40. The van der Waals surface area contributed by atoms with Gasteiger partial charge in [-0.25, -0.2) is 0 Å². The molecule has 0 atom stereocenters. The van der Waals surface area contributed by atoms with E-state index in [1.165, 1.54) is 11.1 Å². The number of anilines is 2. The zero-order valence-corrected chi connectivity index (χ0v) is 14.6. The molecule has 1 saturated heterocycles. The Morgan fingerprint density at radius 3 is 2.50 bits per heavy atom. The molecule has 0 saturated carbocycles. The summed E-state index contributed by atoms with van der Waals surface area (Å²) >= 11 is 1.71. The molecule has 1 aliphatic rings. The van der Waals surface area contributed by atoms with Crippen LogP contribution in [0.3, 0.4) is 0 Å². The van der Waals surface area contributed by atoms with Crippen LogP contribution in [-0.2, 0) is 11.3 Å². The van der Waals surface area contributed by atoms with Gasteiger partial charge in [0.25, 0.3) is 0 Å². The molecule has 1 aromatic carbocycles. The number of hydrogen-bond donors (Lipinski definition) is 2. The lowest BCUT2D eigenvalue weighted by Crippen LogP contribution is -2.35. The quantitative estimate of drug-likeness (QED) is 0.823. The predicted octanol–water partition coefficient (Wildman–Crippen LogP) is 3.26. The number of halogens is 2. The summed E-state index contributed by atoms with van der Waals surface area (Å²) in [7, 11) is 0. The molecule has 4 N–H and O–H groups in total. The van der Waals surface area contributed by atoms with E-state index < -0.39 is 0 Å². The number of benzene rings is 1. The largest absolute Gasteiger partial charge is 0.399 e. The highest BCUT2D eigenvalue weighted by molar-refractivity contribution is 7.08. The maximum atomic E-state index is 6.10. The van der Waals surface area contributed by atoms with Crippen LogP contribution >= 0.6 is 36.2 Å². The minimum absolute atomic E-state index is 0. The highest BCUT2D eigenvalue weighted by Crippen LogP contribution is 2.33. The van der Waals surface area contributed by atoms with Gasteiger partial charge in [-0.05, 0) is 40.1 Å². The lowest BCUT2D eigenvalue weighted by Gasteiger charge is -2.26. The average Bonchev–Trinajstić information content (AvgIpc) is 2.91. The summed E-state index contributed by atoms with van der Waals surface area (Å²) in [5.74, 6) is 0. The van der Waals surface area contributed by atoms with Crippen molar-refractivity contribution in [2.24, 2.45) is 0 Å². The molecule has 0 unspecified atom stereocenters. The van der Waals surface area contributed by atoms with Gasteiger partial charge in [0.05, 0.1) is 13.2 Å². The Kier molecular flexibility index (Phi) is 7.45. The zero-order valence-electron chi connectivity index (χ0n) is 12.2. The highest BCUT2D eigenvalue weighted by atomic mass is 35.5. The molecule has 22 heavy (non-hydrogen) atoms. The molecule has 0 bridgehead atoms. The highest BCUT2D eigenvalue weighted by Gasteiger charge is 2.15. The number of morpholine rings is 1. The van der Waals surface area contributed by atoms with Crippen molar-refractivity contribution in [1.29, 1.82) is 0 Å². The fourth-order valence-electron chi connectivity index (χ4n) is 2.49. The van der Waals surface area contributed by atoms with Gasteiger partial charge in [0.1, 0.15) is 0 Å². The van der Waals surface area contributed by atoms with E-state index >= 15 is 0 Å². The standard InChI is InChI=1S/C15H19N3OS.2ClH/c16-12-1-2-15(17)13(7-12)14-10-20-9-11(14)8-18-3-5-19-6-4-18;;/h1-2,7,9-10H,3-6,8,16-17H2;2*1H. The molecule has 3 rings (SSSR count). The second-order valence-corrected chi connectivity index (χ2v) is 5.79. The van der Waals surface area contributed by atoms with Crippen molar-refractivity contribution in [2.75, 3.05) is 37.8 Å². The molecule has 0 radical (unpaired) electrons. The van der Waals surface area contributed by atoms with Gasteiger partial charge in [-0.3, -0.25) is 4.90 Å². The Morgan fingerprint density at radius 1 is 1.05 bits per heavy atom. The van der Waals surface area contributed by atoms with Gasteiger partial charge >= 0.3 is 0 Å². The van der Waals surface area contributed by atoms with Crippen molar-refractivity contribution >= 4 is 47.5 Å². The molecular weight excluding hydrogens is 341 g/mol. The van der Waals surface area contributed by atoms with Gasteiger partial charge in [-0.15, -0.1) is 24.8 Å². The van der Waals surface area contributed by atoms with Crippen LogP contribution in [0, 0.1) is 0 Å². The first-order valence-corrected chi connectivity index (χ1v) is 7.69. The van der Waals surface area contributed by atoms with Crippen LogP contribution in [0.25, 0.3) is 11.1 Å². The SMILES string of the molecule is Cl.Cl.Nc1ccc(N)c(-c2cscc2CN2CCOCC2)c1. The van der Waals surface area contributed by atoms with Crippen LogP contribution in [0.2, 0.25) is 0 Å². The number of ether oxygens (including phenoxy) is 1. The van der Waals surface area contributed by atoms with E-state index in [0.717, 1.165) is 49.8 Å². The maximum Gasteiger partial charge on any atom is 0.0594 e. The van der Waals surface area contributed by atoms with Crippen molar-refractivity contribution in [1.82, 2.24) is 4.90 Å². The van der Waals surface area contributed by atoms with Crippen LogP contribution in [0.15, 0.2) is 29.0 Å². The third-order valence-electron chi connectivity index (χ3n) is 3.61. The Hall–Kier alpha value is -0.980. The summed E-state index contributed by atoms with van der Waals surface area (Å²) in [4.78, 5) is 2.41. The normalized spacial score (nSPS) is 14.9. The smallest absolute Gasteiger partial charge is 0.0594 e. The first-order valence-electron chi connectivity index (χ1n) is 6.74. The minimum Gasteiger partial charge on any atom is -0.399 e. The van der Waals surface area contributed by atoms with Gasteiger partial charge in [-0.1, -0.05) is 0 Å². The summed E-state index contributed by atoms with van der Waals surface area (Å²) in [5, 5.41) is 4.36. The molecule has 0 spiro atoms. The fraction of sp³-hybridized carbons (Fsp3) is 0.333. The van der Waals surface area contributed by atoms with E-state index in [9.17, 15) is 0 Å². The van der Waals surface area contributed by atoms with E-state index in [-0.39, 0.29) is 24.8 Å². The van der Waals surface area contributed by atoms with Crippen molar-refractivity contribution < 1.29 is 4.74 Å². The van der Waals surface area contributed by atoms with Crippen molar-refractivity contribution in [2.45, 2.75) is 6.54 Å². The number of thiophene rings is 1. The van der Waals surface area contributed by atoms with Crippen molar-refractivity contribution in [3.05, 3.63) is 34.5 Å². The minimum atomic E-state index is 0. The Morgan fingerprint density at radius 2 is 1.77 bits per heavy atom. The average molecular weight is 362 g/mol. The van der Waals surface area contributed by atoms with E-state index in [1.807, 2.05) is 18.2 Å². The molecule has 0 amide bonds. The number of nitrogen functional groups attached to an aromatic ring is 2.